The van der Waals surface area contributed by atoms with Crippen molar-refractivity contribution >= 4 is 82.7 Å². The Kier molecular flexibility index (Phi) is 7.20. The van der Waals surface area contributed by atoms with E-state index in [1.807, 2.05) is 18.2 Å². The molecule has 0 atom stereocenters. The SMILES string of the molecule is c1ccc(-c2ccc(-c3ccc(N(c4ccc(-n5c6ccccc6c6ccccc65)cc4)c4ccc5oc6cc7oc8ccccc8c7cc6c5c4)cc3)cc2)cc1. The van der Waals surface area contributed by atoms with Crippen molar-refractivity contribution in [2.24, 2.45) is 0 Å². The fourth-order valence-electron chi connectivity index (χ4n) is 8.81. The van der Waals surface area contributed by atoms with Crippen molar-refractivity contribution in [3.8, 4) is 27.9 Å². The molecule has 0 aliphatic carbocycles. The third-order valence-electron chi connectivity index (χ3n) is 11.6. The van der Waals surface area contributed by atoms with Crippen LogP contribution in [-0.4, -0.2) is 4.57 Å². The Labute approximate surface area is 334 Å². The largest absolute Gasteiger partial charge is 0.456 e. The van der Waals surface area contributed by atoms with Gasteiger partial charge in [-0.15, -0.1) is 0 Å². The van der Waals surface area contributed by atoms with Crippen molar-refractivity contribution in [3.63, 3.8) is 0 Å². The number of rotatable bonds is 6. The first-order valence-corrected chi connectivity index (χ1v) is 19.7. The highest BCUT2D eigenvalue weighted by atomic mass is 16.3. The van der Waals surface area contributed by atoms with Crippen LogP contribution in [0.1, 0.15) is 0 Å². The normalized spacial score (nSPS) is 11.8. The minimum atomic E-state index is 0.809. The van der Waals surface area contributed by atoms with Crippen LogP contribution in [0.2, 0.25) is 0 Å². The van der Waals surface area contributed by atoms with Crippen LogP contribution in [0.25, 0.3) is 93.6 Å². The zero-order valence-electron chi connectivity index (χ0n) is 31.3. The molecule has 0 saturated heterocycles. The second kappa shape index (κ2) is 12.9. The van der Waals surface area contributed by atoms with Crippen LogP contribution < -0.4 is 4.90 Å². The van der Waals surface area contributed by atoms with E-state index in [9.17, 15) is 0 Å². The van der Waals surface area contributed by atoms with Crippen molar-refractivity contribution in [2.45, 2.75) is 0 Å². The van der Waals surface area contributed by atoms with Gasteiger partial charge in [0.05, 0.1) is 11.0 Å². The average Bonchev–Trinajstić information content (AvgIpc) is 3.95. The molecule has 0 amide bonds. The molecule has 12 aromatic rings. The zero-order chi connectivity index (χ0) is 38.2. The van der Waals surface area contributed by atoms with Gasteiger partial charge in [-0.3, -0.25) is 0 Å². The lowest BCUT2D eigenvalue weighted by Gasteiger charge is -2.26. The maximum absolute atomic E-state index is 6.45. The molecular formula is C54H34N2O2. The molecule has 272 valence electrons. The molecule has 0 aliphatic rings. The molecule has 0 unspecified atom stereocenters. The highest BCUT2D eigenvalue weighted by Crippen LogP contribution is 2.42. The number of anilines is 3. The Morgan fingerprint density at radius 3 is 1.38 bits per heavy atom. The lowest BCUT2D eigenvalue weighted by Crippen LogP contribution is -2.10. The summed E-state index contributed by atoms with van der Waals surface area (Å²) in [6.07, 6.45) is 0. The molecule has 0 N–H and O–H groups in total. The van der Waals surface area contributed by atoms with E-state index in [1.165, 1.54) is 38.5 Å². The molecule has 9 aromatic carbocycles. The number of benzene rings is 9. The number of nitrogens with zero attached hydrogens (tertiary/aromatic N) is 2. The summed E-state index contributed by atoms with van der Waals surface area (Å²) in [5, 5.41) is 6.80. The lowest BCUT2D eigenvalue weighted by molar-refractivity contribution is 0.656. The van der Waals surface area contributed by atoms with Gasteiger partial charge < -0.3 is 18.3 Å². The number of para-hydroxylation sites is 3. The van der Waals surface area contributed by atoms with Gasteiger partial charge in [-0.1, -0.05) is 121 Å². The number of fused-ring (bicyclic) bond motifs is 9. The molecule has 0 fully saturated rings. The maximum Gasteiger partial charge on any atom is 0.139 e. The van der Waals surface area contributed by atoms with E-state index in [0.29, 0.717) is 0 Å². The summed E-state index contributed by atoms with van der Waals surface area (Å²) in [5.74, 6) is 0. The van der Waals surface area contributed by atoms with Crippen LogP contribution in [0.3, 0.4) is 0 Å². The summed E-state index contributed by atoms with van der Waals surface area (Å²) >= 11 is 0. The molecule has 0 bridgehead atoms. The van der Waals surface area contributed by atoms with Crippen molar-refractivity contribution < 1.29 is 8.83 Å². The van der Waals surface area contributed by atoms with E-state index >= 15 is 0 Å². The Balaban J connectivity index is 0.985. The molecule has 12 rings (SSSR count). The standard InChI is InChI=1S/C54H34N2O2/c1-2-10-35(11-3-1)36-18-20-37(21-19-36)38-22-24-39(25-23-38)55(40-26-28-41(29-27-40)56-49-15-7-4-12-43(49)44-13-5-8-16-50(44)56)42-30-31-52-46(32-42)48-33-47-45-14-6-9-17-51(45)57-53(47)34-54(48)58-52/h1-34H. The van der Waals surface area contributed by atoms with Gasteiger partial charge in [0, 0.05) is 61.1 Å². The lowest BCUT2D eigenvalue weighted by atomic mass is 10.00. The molecule has 4 heteroatoms. The molecule has 0 spiro atoms. The smallest absolute Gasteiger partial charge is 0.139 e. The molecule has 0 aliphatic heterocycles. The van der Waals surface area contributed by atoms with E-state index in [2.05, 4.69) is 198 Å². The summed E-state index contributed by atoms with van der Waals surface area (Å²) in [5.41, 5.74) is 14.8. The van der Waals surface area contributed by atoms with Crippen LogP contribution in [0.4, 0.5) is 17.1 Å². The van der Waals surface area contributed by atoms with Gasteiger partial charge >= 0.3 is 0 Å². The molecule has 4 nitrogen and oxygen atoms in total. The van der Waals surface area contributed by atoms with Crippen LogP contribution in [-0.2, 0) is 0 Å². The molecule has 58 heavy (non-hydrogen) atoms. The van der Waals surface area contributed by atoms with E-state index in [1.54, 1.807) is 0 Å². The van der Waals surface area contributed by atoms with Gasteiger partial charge in [-0.25, -0.2) is 0 Å². The van der Waals surface area contributed by atoms with E-state index < -0.39 is 0 Å². The van der Waals surface area contributed by atoms with Crippen molar-refractivity contribution in [2.75, 3.05) is 4.90 Å². The molecule has 3 heterocycles. The van der Waals surface area contributed by atoms with Gasteiger partial charge in [0.25, 0.3) is 0 Å². The minimum Gasteiger partial charge on any atom is -0.456 e. The third kappa shape index (κ3) is 5.16. The van der Waals surface area contributed by atoms with Crippen molar-refractivity contribution in [3.05, 3.63) is 206 Å². The number of hydrogen-bond donors (Lipinski definition) is 0. The van der Waals surface area contributed by atoms with Crippen LogP contribution in [0, 0.1) is 0 Å². The first kappa shape index (κ1) is 32.4. The number of furan rings is 2. The fraction of sp³-hybridized carbons (Fsp3) is 0. The maximum atomic E-state index is 6.45. The number of hydrogen-bond acceptors (Lipinski definition) is 3. The van der Waals surface area contributed by atoms with Gasteiger partial charge in [0.1, 0.15) is 22.3 Å². The van der Waals surface area contributed by atoms with Crippen LogP contribution in [0.15, 0.2) is 215 Å². The Bertz CT molecular complexity index is 3430. The summed E-state index contributed by atoms with van der Waals surface area (Å²) in [6, 6.07) is 73.4. The summed E-state index contributed by atoms with van der Waals surface area (Å²) in [4.78, 5) is 2.34. The second-order valence-corrected chi connectivity index (χ2v) is 14.9. The molecule has 0 saturated carbocycles. The van der Waals surface area contributed by atoms with Gasteiger partial charge in [0.2, 0.25) is 0 Å². The summed E-state index contributed by atoms with van der Waals surface area (Å²) in [7, 11) is 0. The highest BCUT2D eigenvalue weighted by molar-refractivity contribution is 6.15. The first-order valence-electron chi connectivity index (χ1n) is 19.7. The van der Waals surface area contributed by atoms with Gasteiger partial charge in [-0.05, 0) is 101 Å². The van der Waals surface area contributed by atoms with E-state index in [4.69, 9.17) is 8.83 Å². The van der Waals surface area contributed by atoms with Crippen LogP contribution in [0.5, 0.6) is 0 Å². The predicted molar refractivity (Wildman–Crippen MR) is 241 cm³/mol. The highest BCUT2D eigenvalue weighted by Gasteiger charge is 2.19. The monoisotopic (exact) mass is 742 g/mol. The quantitative estimate of drug-likeness (QED) is 0.170. The first-order chi connectivity index (χ1) is 28.7. The van der Waals surface area contributed by atoms with Gasteiger partial charge in [-0.2, -0.15) is 0 Å². The van der Waals surface area contributed by atoms with E-state index in [-0.39, 0.29) is 0 Å². The Hall–Kier alpha value is -7.82. The predicted octanol–water partition coefficient (Wildman–Crippen LogP) is 15.4. The molecule has 0 radical (unpaired) electrons. The van der Waals surface area contributed by atoms with Gasteiger partial charge in [0.15, 0.2) is 0 Å². The zero-order valence-corrected chi connectivity index (χ0v) is 31.3. The van der Waals surface area contributed by atoms with E-state index in [0.717, 1.165) is 72.2 Å². The Morgan fingerprint density at radius 1 is 0.293 bits per heavy atom. The average molecular weight is 743 g/mol. The van der Waals surface area contributed by atoms with Crippen LogP contribution >= 0.6 is 0 Å². The topological polar surface area (TPSA) is 34.5 Å². The molecule has 3 aromatic heterocycles. The van der Waals surface area contributed by atoms with Crippen molar-refractivity contribution in [1.29, 1.82) is 0 Å². The summed E-state index contributed by atoms with van der Waals surface area (Å²) in [6.45, 7) is 0. The fourth-order valence-corrected chi connectivity index (χ4v) is 8.81. The molecular weight excluding hydrogens is 709 g/mol. The second-order valence-electron chi connectivity index (χ2n) is 14.9. The Morgan fingerprint density at radius 2 is 0.741 bits per heavy atom. The minimum absolute atomic E-state index is 0.809. The third-order valence-corrected chi connectivity index (χ3v) is 11.6. The van der Waals surface area contributed by atoms with Crippen molar-refractivity contribution in [1.82, 2.24) is 4.57 Å². The number of aromatic nitrogens is 1. The summed E-state index contributed by atoms with van der Waals surface area (Å²) < 4.78 is 15.0.